The number of aliphatic hydroxyl groups is 2. The van der Waals surface area contributed by atoms with Crippen LogP contribution in [0.15, 0.2) is 59.5 Å². The molecule has 4 rings (SSSR count). The molecule has 0 aliphatic carbocycles. The maximum atomic E-state index is 14.6. The molecular formula is C24H25F3N3O10PS. The Morgan fingerprint density at radius 1 is 1.05 bits per heavy atom. The van der Waals surface area contributed by atoms with E-state index in [0.717, 1.165) is 0 Å². The van der Waals surface area contributed by atoms with Crippen molar-refractivity contribution < 1.29 is 56.2 Å². The van der Waals surface area contributed by atoms with Gasteiger partial charge in [0, 0.05) is 16.3 Å². The molecule has 1 aliphatic heterocycles. The highest BCUT2D eigenvalue weighted by atomic mass is 32.5. The van der Waals surface area contributed by atoms with Crippen LogP contribution >= 0.6 is 6.72 Å². The number of benzene rings is 2. The second-order valence-corrected chi connectivity index (χ2v) is 11.6. The fraction of sp³-hybridized carbons (Fsp3) is 0.333. The molecule has 0 bridgehead atoms. The molecule has 0 amide bonds. The Bertz CT molecular complexity index is 1430. The van der Waals surface area contributed by atoms with Crippen molar-refractivity contribution in [3.05, 3.63) is 65.2 Å². The minimum absolute atomic E-state index is 0.128. The Kier molecular flexibility index (Phi) is 9.50. The standard InChI is InChI=1S/C24H25F3N3O10PS/c1-34-13-3-7-15(8-4-13)39-41(42,40-16-9-5-14(35-2)6-10-16)36-12-24(22(25)26)19(32)18(31)21(37-24)30-11-17(38-27)20(28)29-23(30)33/h3-11,18-19,21-22,31-32H,12H2,1-2H3,(H2,28,29,33)/t18-,19+,21-,24-/m1/s1. The molecule has 2 aromatic carbocycles. The van der Waals surface area contributed by atoms with Crippen molar-refractivity contribution in [2.75, 3.05) is 26.6 Å². The Morgan fingerprint density at radius 2 is 1.55 bits per heavy atom. The van der Waals surface area contributed by atoms with Gasteiger partial charge in [-0.3, -0.25) is 14.0 Å². The van der Waals surface area contributed by atoms with Crippen molar-refractivity contribution in [1.82, 2.24) is 9.55 Å². The first-order valence-electron chi connectivity index (χ1n) is 11.9. The van der Waals surface area contributed by atoms with Crippen LogP contribution in [0.2, 0.25) is 0 Å². The average Bonchev–Trinajstić information content (AvgIpc) is 3.23. The summed E-state index contributed by atoms with van der Waals surface area (Å²) in [5, 5.41) is 21.4. The normalized spacial score (nSPS) is 22.1. The number of nitrogens with zero attached hydrogens (tertiary/aromatic N) is 2. The Balaban J connectivity index is 1.65. The molecule has 13 nitrogen and oxygen atoms in total. The number of rotatable bonds is 12. The molecule has 0 saturated carbocycles. The van der Waals surface area contributed by atoms with Crippen LogP contribution in [-0.2, 0) is 21.1 Å². The van der Waals surface area contributed by atoms with Crippen molar-refractivity contribution >= 4 is 24.3 Å². The topological polar surface area (TPSA) is 166 Å². The molecule has 2 heterocycles. The van der Waals surface area contributed by atoms with E-state index in [1.807, 2.05) is 0 Å². The van der Waals surface area contributed by atoms with E-state index in [1.165, 1.54) is 38.5 Å². The number of nitrogen functional groups attached to an aromatic ring is 1. The van der Waals surface area contributed by atoms with E-state index in [2.05, 4.69) is 9.93 Å². The lowest BCUT2D eigenvalue weighted by Gasteiger charge is -2.33. The van der Waals surface area contributed by atoms with Gasteiger partial charge in [0.1, 0.15) is 35.2 Å². The molecule has 1 saturated heterocycles. The van der Waals surface area contributed by atoms with Gasteiger partial charge in [-0.05, 0) is 48.5 Å². The van der Waals surface area contributed by atoms with E-state index in [-0.39, 0.29) is 11.5 Å². The number of hydrogen-bond acceptors (Lipinski definition) is 13. The molecule has 42 heavy (non-hydrogen) atoms. The van der Waals surface area contributed by atoms with Gasteiger partial charge in [0.15, 0.2) is 17.6 Å². The van der Waals surface area contributed by atoms with E-state index < -0.39 is 61.0 Å². The molecule has 228 valence electrons. The second-order valence-electron chi connectivity index (χ2n) is 8.71. The van der Waals surface area contributed by atoms with E-state index >= 15 is 0 Å². The van der Waals surface area contributed by atoms with Crippen molar-refractivity contribution in [1.29, 1.82) is 0 Å². The van der Waals surface area contributed by atoms with Crippen LogP contribution < -0.4 is 34.9 Å². The van der Waals surface area contributed by atoms with Crippen LogP contribution in [0.25, 0.3) is 0 Å². The Hall–Kier alpha value is -3.60. The molecule has 1 fully saturated rings. The fourth-order valence-electron chi connectivity index (χ4n) is 3.88. The van der Waals surface area contributed by atoms with Crippen LogP contribution in [-0.4, -0.2) is 64.8 Å². The molecule has 0 unspecified atom stereocenters. The monoisotopic (exact) mass is 635 g/mol. The van der Waals surface area contributed by atoms with Gasteiger partial charge in [0.25, 0.3) is 6.43 Å². The van der Waals surface area contributed by atoms with Crippen molar-refractivity contribution in [3.8, 4) is 28.7 Å². The molecule has 3 aromatic rings. The molecule has 0 radical (unpaired) electrons. The summed E-state index contributed by atoms with van der Waals surface area (Å²) in [5.74, 6) is -0.184. The van der Waals surface area contributed by atoms with E-state index in [1.54, 1.807) is 24.3 Å². The maximum Gasteiger partial charge on any atom is 0.435 e. The highest BCUT2D eigenvalue weighted by Crippen LogP contribution is 2.53. The predicted octanol–water partition coefficient (Wildman–Crippen LogP) is 2.76. The third kappa shape index (κ3) is 6.40. The van der Waals surface area contributed by atoms with Crippen LogP contribution in [0, 0.1) is 0 Å². The van der Waals surface area contributed by atoms with Crippen LogP contribution in [0.5, 0.6) is 28.7 Å². The maximum absolute atomic E-state index is 14.6. The first kappa shape index (κ1) is 31.3. The number of anilines is 1. The van der Waals surface area contributed by atoms with Gasteiger partial charge < -0.3 is 39.2 Å². The van der Waals surface area contributed by atoms with Crippen molar-refractivity contribution in [2.24, 2.45) is 0 Å². The van der Waals surface area contributed by atoms with Gasteiger partial charge in [0.2, 0.25) is 5.75 Å². The first-order valence-corrected chi connectivity index (χ1v) is 14.4. The van der Waals surface area contributed by atoms with Gasteiger partial charge in [0.05, 0.1) is 27.0 Å². The largest absolute Gasteiger partial charge is 0.497 e. The van der Waals surface area contributed by atoms with Gasteiger partial charge in [-0.2, -0.15) is 4.98 Å². The lowest BCUT2D eigenvalue weighted by atomic mass is 9.96. The second kappa shape index (κ2) is 12.7. The molecule has 1 aliphatic rings. The summed E-state index contributed by atoms with van der Waals surface area (Å²) in [6.07, 6.45) is -9.38. The van der Waals surface area contributed by atoms with E-state index in [9.17, 15) is 28.3 Å². The molecule has 4 atom stereocenters. The molecule has 18 heteroatoms. The van der Waals surface area contributed by atoms with Crippen LogP contribution in [0.4, 0.5) is 19.1 Å². The summed E-state index contributed by atoms with van der Waals surface area (Å²) < 4.78 is 75.3. The highest BCUT2D eigenvalue weighted by molar-refractivity contribution is 8.07. The number of ether oxygens (including phenoxy) is 3. The zero-order chi connectivity index (χ0) is 30.7. The van der Waals surface area contributed by atoms with Crippen molar-refractivity contribution in [2.45, 2.75) is 30.5 Å². The smallest absolute Gasteiger partial charge is 0.435 e. The Labute approximate surface area is 241 Å². The predicted molar refractivity (Wildman–Crippen MR) is 143 cm³/mol. The van der Waals surface area contributed by atoms with Gasteiger partial charge in [-0.25, -0.2) is 13.6 Å². The van der Waals surface area contributed by atoms with Crippen molar-refractivity contribution in [3.63, 3.8) is 0 Å². The van der Waals surface area contributed by atoms with Gasteiger partial charge >= 0.3 is 12.4 Å². The molecular weight excluding hydrogens is 610 g/mol. The number of aromatic nitrogens is 2. The summed E-state index contributed by atoms with van der Waals surface area (Å²) in [5.41, 5.74) is 1.20. The SMILES string of the molecule is COc1ccc(OP(=S)(OC[C@@]2(C(F)F)O[C@@H](n3cc(OF)c(N)nc3=O)[C@H](O)[C@@H]2O)Oc2ccc(OC)cc2)cc1. The van der Waals surface area contributed by atoms with E-state index in [4.69, 9.17) is 45.3 Å². The van der Waals surface area contributed by atoms with Gasteiger partial charge in [-0.15, -0.1) is 0 Å². The van der Waals surface area contributed by atoms with Crippen LogP contribution in [0.1, 0.15) is 6.23 Å². The Morgan fingerprint density at radius 3 is 2.00 bits per heavy atom. The summed E-state index contributed by atoms with van der Waals surface area (Å²) in [6.45, 7) is -5.22. The minimum atomic E-state index is -4.03. The number of nitrogens with two attached hydrogens (primary N) is 1. The lowest BCUT2D eigenvalue weighted by molar-refractivity contribution is -0.192. The summed E-state index contributed by atoms with van der Waals surface area (Å²) in [6, 6.07) is 12.0. The fourth-order valence-corrected chi connectivity index (χ4v) is 5.82. The number of aliphatic hydroxyl groups excluding tert-OH is 2. The number of alkyl halides is 2. The third-order valence-corrected chi connectivity index (χ3v) is 8.21. The first-order chi connectivity index (χ1) is 19.9. The lowest BCUT2D eigenvalue weighted by Crippen LogP contribution is -2.52. The molecule has 4 N–H and O–H groups in total. The zero-order valence-electron chi connectivity index (χ0n) is 21.8. The molecule has 0 spiro atoms. The van der Waals surface area contributed by atoms with Gasteiger partial charge in [-0.1, -0.05) is 0 Å². The average molecular weight is 636 g/mol. The molecule has 1 aromatic heterocycles. The quantitative estimate of drug-likeness (QED) is 0.249. The minimum Gasteiger partial charge on any atom is -0.497 e. The third-order valence-electron chi connectivity index (χ3n) is 6.13. The number of hydrogen-bond donors (Lipinski definition) is 3. The summed E-state index contributed by atoms with van der Waals surface area (Å²) in [7, 11) is 2.91. The summed E-state index contributed by atoms with van der Waals surface area (Å²) in [4.78, 5) is 19.2. The van der Waals surface area contributed by atoms with E-state index in [0.29, 0.717) is 22.3 Å². The van der Waals surface area contributed by atoms with Crippen LogP contribution in [0.3, 0.4) is 0 Å². The zero-order valence-corrected chi connectivity index (χ0v) is 23.5. The number of halogens is 3. The highest BCUT2D eigenvalue weighted by Gasteiger charge is 2.61. The summed E-state index contributed by atoms with van der Waals surface area (Å²) >= 11 is 5.52. The number of methoxy groups -OCH3 is 2.